The highest BCUT2D eigenvalue weighted by molar-refractivity contribution is 8.13. The first-order valence-corrected chi connectivity index (χ1v) is 6.36. The summed E-state index contributed by atoms with van der Waals surface area (Å²) in [6.07, 6.45) is 1.65. The Bertz CT molecular complexity index is 261. The van der Waals surface area contributed by atoms with E-state index in [2.05, 4.69) is 4.99 Å². The quantitative estimate of drug-likeness (QED) is 0.451. The highest BCUT2D eigenvalue weighted by atomic mass is 32.2. The van der Waals surface area contributed by atoms with Crippen molar-refractivity contribution in [2.75, 3.05) is 19.3 Å². The van der Waals surface area contributed by atoms with Crippen LogP contribution >= 0.6 is 11.8 Å². The number of hydrogen-bond donors (Lipinski definition) is 2. The number of amidine groups is 1. The molecule has 0 rings (SSSR count). The van der Waals surface area contributed by atoms with Crippen LogP contribution in [-0.4, -0.2) is 46.2 Å². The van der Waals surface area contributed by atoms with Gasteiger partial charge in [-0.25, -0.2) is 4.79 Å². The second kappa shape index (κ2) is 6.62. The maximum absolute atomic E-state index is 11.0. The van der Waals surface area contributed by atoms with Crippen LogP contribution in [0.25, 0.3) is 0 Å². The largest absolute Gasteiger partial charge is 0.465 e. The number of nitrogens with two attached hydrogens (primary N) is 1. The first kappa shape index (κ1) is 15.1. The van der Waals surface area contributed by atoms with E-state index in [-0.39, 0.29) is 5.54 Å². The van der Waals surface area contributed by atoms with Crippen molar-refractivity contribution in [3.63, 3.8) is 0 Å². The van der Waals surface area contributed by atoms with Gasteiger partial charge in [-0.3, -0.25) is 4.99 Å². The van der Waals surface area contributed by atoms with Crippen LogP contribution < -0.4 is 5.73 Å². The minimum atomic E-state index is -0.894. The van der Waals surface area contributed by atoms with Crippen LogP contribution in [0.2, 0.25) is 0 Å². The summed E-state index contributed by atoms with van der Waals surface area (Å²) in [7, 11) is 0. The van der Waals surface area contributed by atoms with Crippen molar-refractivity contribution < 1.29 is 9.90 Å². The zero-order valence-corrected chi connectivity index (χ0v) is 11.2. The van der Waals surface area contributed by atoms with Gasteiger partial charge in [-0.1, -0.05) is 11.8 Å². The summed E-state index contributed by atoms with van der Waals surface area (Å²) in [6.45, 7) is 6.67. The standard InChI is InChI=1S/C10H21N3O2S/c1-10(2,3)13(9(14)15)7-5-6-12-8(11)16-4/h5-7H2,1-4H3,(H2,11,12)(H,14,15). The van der Waals surface area contributed by atoms with Gasteiger partial charge in [0.05, 0.1) is 0 Å². The molecule has 0 saturated heterocycles. The normalized spacial score (nSPS) is 12.6. The molecule has 0 aliphatic carbocycles. The Balaban J connectivity index is 4.11. The monoisotopic (exact) mass is 247 g/mol. The number of carboxylic acid groups (broad SMARTS) is 1. The Labute approximate surface area is 101 Å². The predicted octanol–water partition coefficient (Wildman–Crippen LogP) is 1.83. The fraction of sp³-hybridized carbons (Fsp3) is 0.800. The zero-order chi connectivity index (χ0) is 12.8. The van der Waals surface area contributed by atoms with Gasteiger partial charge in [-0.2, -0.15) is 0 Å². The summed E-state index contributed by atoms with van der Waals surface area (Å²) in [5.74, 6) is 0. The molecule has 0 aromatic heterocycles. The fourth-order valence-corrected chi connectivity index (χ4v) is 1.42. The van der Waals surface area contributed by atoms with Gasteiger partial charge >= 0.3 is 6.09 Å². The minimum Gasteiger partial charge on any atom is -0.465 e. The van der Waals surface area contributed by atoms with Crippen molar-refractivity contribution in [2.45, 2.75) is 32.7 Å². The van der Waals surface area contributed by atoms with E-state index in [4.69, 9.17) is 10.8 Å². The van der Waals surface area contributed by atoms with E-state index in [1.54, 1.807) is 0 Å². The van der Waals surface area contributed by atoms with Gasteiger partial charge < -0.3 is 15.7 Å². The van der Waals surface area contributed by atoms with Crippen LogP contribution in [0.1, 0.15) is 27.2 Å². The Morgan fingerprint density at radius 3 is 2.44 bits per heavy atom. The molecule has 16 heavy (non-hydrogen) atoms. The van der Waals surface area contributed by atoms with E-state index in [0.29, 0.717) is 24.7 Å². The molecule has 0 unspecified atom stereocenters. The Morgan fingerprint density at radius 1 is 1.50 bits per heavy atom. The number of carbonyl (C=O) groups is 1. The van der Waals surface area contributed by atoms with E-state index in [0.717, 1.165) is 0 Å². The molecule has 0 aromatic rings. The van der Waals surface area contributed by atoms with Crippen LogP contribution in [-0.2, 0) is 0 Å². The van der Waals surface area contributed by atoms with Gasteiger partial charge in [0.1, 0.15) is 0 Å². The lowest BCUT2D eigenvalue weighted by atomic mass is 10.1. The third kappa shape index (κ3) is 5.85. The lowest BCUT2D eigenvalue weighted by Gasteiger charge is -2.33. The summed E-state index contributed by atoms with van der Waals surface area (Å²) >= 11 is 1.39. The molecule has 0 aliphatic rings. The number of thioether (sulfide) groups is 1. The molecular weight excluding hydrogens is 226 g/mol. The van der Waals surface area contributed by atoms with Gasteiger partial charge in [-0.05, 0) is 33.4 Å². The summed E-state index contributed by atoms with van der Waals surface area (Å²) in [5, 5.41) is 9.56. The van der Waals surface area contributed by atoms with E-state index in [1.165, 1.54) is 16.7 Å². The van der Waals surface area contributed by atoms with Gasteiger partial charge in [-0.15, -0.1) is 0 Å². The molecule has 0 saturated carbocycles. The molecule has 0 fully saturated rings. The predicted molar refractivity (Wildman–Crippen MR) is 69.1 cm³/mol. The molecule has 5 nitrogen and oxygen atoms in total. The average molecular weight is 247 g/mol. The van der Waals surface area contributed by atoms with Crippen LogP contribution in [0.15, 0.2) is 4.99 Å². The topological polar surface area (TPSA) is 78.9 Å². The molecule has 0 spiro atoms. The van der Waals surface area contributed by atoms with Gasteiger partial charge in [0.15, 0.2) is 5.17 Å². The average Bonchev–Trinajstić information content (AvgIpc) is 2.14. The van der Waals surface area contributed by atoms with Crippen molar-refractivity contribution in [2.24, 2.45) is 10.7 Å². The SMILES string of the molecule is CSC(N)=NCCCN(C(=O)O)C(C)(C)C. The third-order valence-corrected chi connectivity index (χ3v) is 2.60. The molecule has 0 aliphatic heterocycles. The summed E-state index contributed by atoms with van der Waals surface area (Å²) in [6, 6.07) is 0. The molecule has 3 N–H and O–H groups in total. The van der Waals surface area contributed by atoms with Gasteiger partial charge in [0.2, 0.25) is 0 Å². The number of hydrogen-bond acceptors (Lipinski definition) is 3. The number of rotatable bonds is 4. The van der Waals surface area contributed by atoms with Gasteiger partial charge in [0.25, 0.3) is 0 Å². The smallest absolute Gasteiger partial charge is 0.407 e. The van der Waals surface area contributed by atoms with E-state index >= 15 is 0 Å². The summed E-state index contributed by atoms with van der Waals surface area (Å²) in [4.78, 5) is 16.5. The minimum absolute atomic E-state index is 0.374. The first-order chi connectivity index (χ1) is 7.29. The van der Waals surface area contributed by atoms with E-state index < -0.39 is 6.09 Å². The lowest BCUT2D eigenvalue weighted by Crippen LogP contribution is -2.45. The molecule has 0 radical (unpaired) electrons. The van der Waals surface area contributed by atoms with Crippen molar-refractivity contribution in [3.8, 4) is 0 Å². The molecule has 0 heterocycles. The highest BCUT2D eigenvalue weighted by Crippen LogP contribution is 2.13. The lowest BCUT2D eigenvalue weighted by molar-refractivity contribution is 0.1000. The maximum Gasteiger partial charge on any atom is 0.407 e. The Morgan fingerprint density at radius 2 is 2.06 bits per heavy atom. The van der Waals surface area contributed by atoms with E-state index in [1.807, 2.05) is 27.0 Å². The summed E-state index contributed by atoms with van der Waals surface area (Å²) in [5.41, 5.74) is 5.14. The van der Waals surface area contributed by atoms with Crippen molar-refractivity contribution in [3.05, 3.63) is 0 Å². The fourth-order valence-electron chi connectivity index (χ4n) is 1.20. The van der Waals surface area contributed by atoms with Gasteiger partial charge in [0, 0.05) is 18.6 Å². The number of nitrogens with zero attached hydrogens (tertiary/aromatic N) is 2. The van der Waals surface area contributed by atoms with Crippen LogP contribution in [0.5, 0.6) is 0 Å². The number of aliphatic imine (C=N–C) groups is 1. The van der Waals surface area contributed by atoms with Crippen LogP contribution in [0.4, 0.5) is 4.79 Å². The maximum atomic E-state index is 11.0. The van der Waals surface area contributed by atoms with Crippen molar-refractivity contribution >= 4 is 23.0 Å². The molecule has 94 valence electrons. The third-order valence-electron chi connectivity index (χ3n) is 2.06. The Hall–Kier alpha value is -0.910. The number of amides is 1. The second-order valence-electron chi connectivity index (χ2n) is 4.38. The molecule has 6 heteroatoms. The zero-order valence-electron chi connectivity index (χ0n) is 10.4. The summed E-state index contributed by atoms with van der Waals surface area (Å²) < 4.78 is 0. The molecule has 0 bridgehead atoms. The molecule has 1 amide bonds. The van der Waals surface area contributed by atoms with Crippen molar-refractivity contribution in [1.82, 2.24) is 4.90 Å². The van der Waals surface area contributed by atoms with Crippen LogP contribution in [0, 0.1) is 0 Å². The highest BCUT2D eigenvalue weighted by Gasteiger charge is 2.25. The molecular formula is C10H21N3O2S. The van der Waals surface area contributed by atoms with E-state index in [9.17, 15) is 4.79 Å². The van der Waals surface area contributed by atoms with Crippen molar-refractivity contribution in [1.29, 1.82) is 0 Å². The van der Waals surface area contributed by atoms with Crippen LogP contribution in [0.3, 0.4) is 0 Å². The molecule has 0 aromatic carbocycles. The molecule has 0 atom stereocenters. The Kier molecular flexibility index (Phi) is 6.25. The first-order valence-electron chi connectivity index (χ1n) is 5.13. The second-order valence-corrected chi connectivity index (χ2v) is 5.21.